The predicted molar refractivity (Wildman–Crippen MR) is 137 cm³/mol. The molecule has 34 heavy (non-hydrogen) atoms. The minimum Gasteiger partial charge on any atom is -0.496 e. The van der Waals surface area contributed by atoms with Crippen molar-refractivity contribution in [3.63, 3.8) is 0 Å². The molecule has 1 amide bonds. The van der Waals surface area contributed by atoms with Gasteiger partial charge in [0.25, 0.3) is 0 Å². The van der Waals surface area contributed by atoms with E-state index in [4.69, 9.17) is 25.5 Å². The number of hydrogen-bond acceptors (Lipinski definition) is 4. The number of ether oxygens (including phenoxy) is 2. The Morgan fingerprint density at radius 2 is 1.76 bits per heavy atom. The molecule has 0 aliphatic carbocycles. The monoisotopic (exact) mass is 475 g/mol. The summed E-state index contributed by atoms with van der Waals surface area (Å²) in [5.74, 6) is 1.29. The molecule has 0 atom stereocenters. The molecule has 0 saturated heterocycles. The number of amides is 1. The van der Waals surface area contributed by atoms with Gasteiger partial charge in [-0.15, -0.1) is 0 Å². The van der Waals surface area contributed by atoms with E-state index in [0.29, 0.717) is 29.3 Å². The highest BCUT2D eigenvalue weighted by molar-refractivity contribution is 6.30. The third-order valence-electron chi connectivity index (χ3n) is 5.71. The lowest BCUT2D eigenvalue weighted by atomic mass is 9.99. The molecule has 3 aromatic carbocycles. The van der Waals surface area contributed by atoms with Gasteiger partial charge in [-0.1, -0.05) is 41.9 Å². The van der Waals surface area contributed by atoms with Gasteiger partial charge in [0, 0.05) is 40.2 Å². The molecule has 1 N–H and O–H groups in total. The van der Waals surface area contributed by atoms with Gasteiger partial charge in [0.05, 0.1) is 20.5 Å². The maximum absolute atomic E-state index is 12.6. The Kier molecular flexibility index (Phi) is 7.24. The van der Waals surface area contributed by atoms with Crippen molar-refractivity contribution >= 4 is 34.1 Å². The molecule has 0 radical (unpaired) electrons. The maximum Gasteiger partial charge on any atom is 0.244 e. The number of para-hydroxylation sites is 1. The molecule has 6 heteroatoms. The Morgan fingerprint density at radius 1 is 1.03 bits per heavy atom. The summed E-state index contributed by atoms with van der Waals surface area (Å²) < 4.78 is 16.7. The molecule has 0 aliphatic heterocycles. The summed E-state index contributed by atoms with van der Waals surface area (Å²) in [6.45, 7) is 2.40. The number of benzene rings is 3. The standard InChI is InChI=1S/C28H26ClNO4/c1-18(14-28(31)30-13-12-20-6-4-5-7-25(20)32-2)22-15-23-24(19-8-10-21(29)11-9-19)17-34-27(23)16-26(22)33-3/h4-11,14-17H,12-13H2,1-3H3,(H,30,31)/b18-14+. The summed E-state index contributed by atoms with van der Waals surface area (Å²) in [5.41, 5.74) is 5.32. The van der Waals surface area contributed by atoms with Gasteiger partial charge in [0.15, 0.2) is 0 Å². The Bertz CT molecular complexity index is 1340. The lowest BCUT2D eigenvalue weighted by Gasteiger charge is -2.11. The molecule has 1 heterocycles. The summed E-state index contributed by atoms with van der Waals surface area (Å²) >= 11 is 6.04. The summed E-state index contributed by atoms with van der Waals surface area (Å²) in [5, 5.41) is 4.56. The number of rotatable bonds is 8. The molecule has 0 saturated carbocycles. The van der Waals surface area contributed by atoms with Crippen molar-refractivity contribution < 1.29 is 18.7 Å². The molecular formula is C28H26ClNO4. The van der Waals surface area contributed by atoms with Crippen LogP contribution in [0.4, 0.5) is 0 Å². The van der Waals surface area contributed by atoms with Crippen LogP contribution in [0.3, 0.4) is 0 Å². The van der Waals surface area contributed by atoms with Gasteiger partial charge in [0.2, 0.25) is 5.91 Å². The van der Waals surface area contributed by atoms with E-state index < -0.39 is 0 Å². The van der Waals surface area contributed by atoms with E-state index in [9.17, 15) is 4.79 Å². The second-order valence-corrected chi connectivity index (χ2v) is 8.32. The van der Waals surface area contributed by atoms with Crippen molar-refractivity contribution in [3.05, 3.63) is 89.2 Å². The smallest absolute Gasteiger partial charge is 0.244 e. The number of hydrogen-bond donors (Lipinski definition) is 1. The molecule has 0 unspecified atom stereocenters. The van der Waals surface area contributed by atoms with Gasteiger partial charge in [-0.2, -0.15) is 0 Å². The number of halogens is 1. The lowest BCUT2D eigenvalue weighted by Crippen LogP contribution is -2.24. The Balaban J connectivity index is 1.55. The van der Waals surface area contributed by atoms with Crippen molar-refractivity contribution in [1.29, 1.82) is 0 Å². The van der Waals surface area contributed by atoms with Crippen molar-refractivity contribution in [3.8, 4) is 22.6 Å². The number of fused-ring (bicyclic) bond motifs is 1. The molecule has 174 valence electrons. The van der Waals surface area contributed by atoms with Crippen molar-refractivity contribution in [2.75, 3.05) is 20.8 Å². The first-order chi connectivity index (χ1) is 16.5. The topological polar surface area (TPSA) is 60.7 Å². The van der Waals surface area contributed by atoms with E-state index in [1.54, 1.807) is 26.6 Å². The molecule has 0 aliphatic rings. The van der Waals surface area contributed by atoms with Crippen LogP contribution in [0.2, 0.25) is 5.02 Å². The fourth-order valence-electron chi connectivity index (χ4n) is 3.94. The van der Waals surface area contributed by atoms with Crippen LogP contribution in [0.5, 0.6) is 11.5 Å². The van der Waals surface area contributed by atoms with E-state index in [1.807, 2.05) is 67.6 Å². The van der Waals surface area contributed by atoms with Crippen LogP contribution in [0.1, 0.15) is 18.1 Å². The van der Waals surface area contributed by atoms with E-state index in [-0.39, 0.29) is 5.91 Å². The molecule has 0 fully saturated rings. The van der Waals surface area contributed by atoms with Crippen LogP contribution in [0.25, 0.3) is 27.7 Å². The third kappa shape index (κ3) is 5.10. The van der Waals surface area contributed by atoms with E-state index in [0.717, 1.165) is 39.0 Å². The van der Waals surface area contributed by atoms with Crippen LogP contribution in [0.15, 0.2) is 77.4 Å². The highest BCUT2D eigenvalue weighted by atomic mass is 35.5. The third-order valence-corrected chi connectivity index (χ3v) is 5.96. The minimum atomic E-state index is -0.167. The predicted octanol–water partition coefficient (Wildman–Crippen LogP) is 6.53. The molecule has 4 rings (SSSR count). The van der Waals surface area contributed by atoms with E-state index in [1.165, 1.54) is 0 Å². The van der Waals surface area contributed by atoms with Gasteiger partial charge in [-0.05, 0) is 54.3 Å². The number of nitrogens with one attached hydrogen (secondary N) is 1. The summed E-state index contributed by atoms with van der Waals surface area (Å²) in [7, 11) is 3.25. The highest BCUT2D eigenvalue weighted by Crippen LogP contribution is 2.37. The first kappa shape index (κ1) is 23.5. The zero-order valence-electron chi connectivity index (χ0n) is 19.4. The van der Waals surface area contributed by atoms with E-state index in [2.05, 4.69) is 5.32 Å². The molecule has 0 spiro atoms. The van der Waals surface area contributed by atoms with Crippen LogP contribution in [0, 0.1) is 0 Å². The molecule has 0 bridgehead atoms. The summed E-state index contributed by atoms with van der Waals surface area (Å²) in [6, 6.07) is 19.2. The average Bonchev–Trinajstić information content (AvgIpc) is 3.26. The first-order valence-electron chi connectivity index (χ1n) is 10.9. The summed E-state index contributed by atoms with van der Waals surface area (Å²) in [6.07, 6.45) is 3.99. The number of carbonyl (C=O) groups excluding carboxylic acids is 1. The molecule has 4 aromatic rings. The second-order valence-electron chi connectivity index (χ2n) is 7.89. The zero-order valence-corrected chi connectivity index (χ0v) is 20.1. The Labute approximate surface area is 203 Å². The summed E-state index contributed by atoms with van der Waals surface area (Å²) in [4.78, 5) is 12.6. The molecule has 5 nitrogen and oxygen atoms in total. The van der Waals surface area contributed by atoms with Gasteiger partial charge < -0.3 is 19.2 Å². The van der Waals surface area contributed by atoms with E-state index >= 15 is 0 Å². The van der Waals surface area contributed by atoms with Gasteiger partial charge >= 0.3 is 0 Å². The number of methoxy groups -OCH3 is 2. The zero-order chi connectivity index (χ0) is 24.1. The number of carbonyl (C=O) groups is 1. The van der Waals surface area contributed by atoms with Crippen molar-refractivity contribution in [2.45, 2.75) is 13.3 Å². The van der Waals surface area contributed by atoms with Crippen LogP contribution in [-0.2, 0) is 11.2 Å². The fourth-order valence-corrected chi connectivity index (χ4v) is 4.07. The van der Waals surface area contributed by atoms with Gasteiger partial charge in [0.1, 0.15) is 17.1 Å². The Morgan fingerprint density at radius 3 is 2.50 bits per heavy atom. The second kappa shape index (κ2) is 10.5. The normalized spacial score (nSPS) is 11.5. The van der Waals surface area contributed by atoms with Crippen LogP contribution in [-0.4, -0.2) is 26.7 Å². The Hall–Kier alpha value is -3.70. The first-order valence-corrected chi connectivity index (χ1v) is 11.3. The molecular weight excluding hydrogens is 450 g/mol. The van der Waals surface area contributed by atoms with Gasteiger partial charge in [-0.3, -0.25) is 4.79 Å². The average molecular weight is 476 g/mol. The van der Waals surface area contributed by atoms with Gasteiger partial charge in [-0.25, -0.2) is 0 Å². The largest absolute Gasteiger partial charge is 0.496 e. The maximum atomic E-state index is 12.6. The minimum absolute atomic E-state index is 0.167. The number of furan rings is 1. The fraction of sp³-hybridized carbons (Fsp3) is 0.179. The van der Waals surface area contributed by atoms with Crippen molar-refractivity contribution in [2.24, 2.45) is 0 Å². The SMILES string of the molecule is COc1ccccc1CCNC(=O)/C=C(\C)c1cc2c(-c3ccc(Cl)cc3)coc2cc1OC. The molecule has 1 aromatic heterocycles. The van der Waals surface area contributed by atoms with Crippen LogP contribution >= 0.6 is 11.6 Å². The van der Waals surface area contributed by atoms with Crippen LogP contribution < -0.4 is 14.8 Å². The highest BCUT2D eigenvalue weighted by Gasteiger charge is 2.15. The quantitative estimate of drug-likeness (QED) is 0.294. The lowest BCUT2D eigenvalue weighted by molar-refractivity contribution is -0.116. The van der Waals surface area contributed by atoms with Crippen molar-refractivity contribution in [1.82, 2.24) is 5.32 Å². The number of allylic oxidation sites excluding steroid dienone is 1.